The lowest BCUT2D eigenvalue weighted by atomic mass is 9.90. The largest absolute Gasteiger partial charge is 0.494 e. The summed E-state index contributed by atoms with van der Waals surface area (Å²) >= 11 is 0. The van der Waals surface area contributed by atoms with Crippen molar-refractivity contribution >= 4 is 24.2 Å². The summed E-state index contributed by atoms with van der Waals surface area (Å²) in [6.45, 7) is 5.86. The number of amides is 3. The Morgan fingerprint density at radius 3 is 2.50 bits per heavy atom. The Hall–Kier alpha value is -3.86. The maximum absolute atomic E-state index is 12.9. The van der Waals surface area contributed by atoms with E-state index in [1.165, 1.54) is 6.07 Å². The van der Waals surface area contributed by atoms with E-state index in [4.69, 9.17) is 14.3 Å². The van der Waals surface area contributed by atoms with Crippen LogP contribution in [0.4, 0.5) is 0 Å². The molecule has 1 heterocycles. The van der Waals surface area contributed by atoms with Gasteiger partial charge in [-0.15, -0.1) is 0 Å². The molecule has 1 aromatic carbocycles. The maximum atomic E-state index is 12.9. The van der Waals surface area contributed by atoms with Gasteiger partial charge >= 0.3 is 5.97 Å². The molecule has 208 valence electrons. The van der Waals surface area contributed by atoms with E-state index in [-0.39, 0.29) is 24.8 Å². The predicted octanol–water partition coefficient (Wildman–Crippen LogP) is 3.60. The van der Waals surface area contributed by atoms with Gasteiger partial charge in [0.1, 0.15) is 11.5 Å². The molecule has 38 heavy (non-hydrogen) atoms. The molecular weight excluding hydrogens is 494 g/mol. The van der Waals surface area contributed by atoms with E-state index in [1.54, 1.807) is 31.2 Å². The van der Waals surface area contributed by atoms with E-state index in [0.29, 0.717) is 53.6 Å². The monoisotopic (exact) mass is 531 g/mol. The van der Waals surface area contributed by atoms with Crippen LogP contribution in [0, 0.1) is 5.92 Å². The number of hydroxylamine groups is 2. The van der Waals surface area contributed by atoms with Crippen LogP contribution in [0.3, 0.4) is 0 Å². The summed E-state index contributed by atoms with van der Waals surface area (Å²) in [6, 6.07) is 7.39. The number of hydrogen-bond donors (Lipinski definition) is 4. The number of carbonyl (C=O) groups excluding carboxylic acids is 3. The van der Waals surface area contributed by atoms with Crippen LogP contribution in [-0.2, 0) is 20.8 Å². The lowest BCUT2D eigenvalue weighted by molar-refractivity contribution is -0.168. The minimum absolute atomic E-state index is 0.00395. The van der Waals surface area contributed by atoms with Crippen molar-refractivity contribution in [1.82, 2.24) is 15.7 Å². The number of benzene rings is 1. The SMILES string of the molecule is CCCCCC(C(=O)NCNC(=O)c1ccc(-c2cc(CC(=O)O)cc(OCC)c2)o1)[C@@H](CC)N(O)C=O. The highest BCUT2D eigenvalue weighted by Crippen LogP contribution is 2.28. The minimum Gasteiger partial charge on any atom is -0.494 e. The van der Waals surface area contributed by atoms with Gasteiger partial charge in [0.2, 0.25) is 12.3 Å². The summed E-state index contributed by atoms with van der Waals surface area (Å²) < 4.78 is 11.2. The normalized spacial score (nSPS) is 12.3. The molecule has 0 bridgehead atoms. The molecule has 2 atom stereocenters. The van der Waals surface area contributed by atoms with Crippen molar-refractivity contribution in [2.75, 3.05) is 13.3 Å². The van der Waals surface area contributed by atoms with Crippen molar-refractivity contribution < 1.29 is 38.6 Å². The quantitative estimate of drug-likeness (QED) is 0.0792. The van der Waals surface area contributed by atoms with Gasteiger partial charge in [0.05, 0.1) is 31.7 Å². The number of carboxylic acids is 1. The topological polar surface area (TPSA) is 158 Å². The van der Waals surface area contributed by atoms with Crippen LogP contribution in [0.1, 0.15) is 69.0 Å². The first-order chi connectivity index (χ1) is 18.2. The fourth-order valence-electron chi connectivity index (χ4n) is 4.22. The van der Waals surface area contributed by atoms with Gasteiger partial charge in [-0.3, -0.25) is 24.4 Å². The molecule has 0 aliphatic heterocycles. The number of hydrogen-bond acceptors (Lipinski definition) is 7. The Balaban J connectivity index is 2.06. The summed E-state index contributed by atoms with van der Waals surface area (Å²) in [5, 5.41) is 24.8. The molecule has 0 saturated carbocycles. The molecule has 11 nitrogen and oxygen atoms in total. The van der Waals surface area contributed by atoms with E-state index < -0.39 is 23.8 Å². The number of ether oxygens (including phenoxy) is 1. The summed E-state index contributed by atoms with van der Waals surface area (Å²) in [7, 11) is 0. The molecule has 0 aliphatic rings. The lowest BCUT2D eigenvalue weighted by Gasteiger charge is -2.29. The molecule has 0 aliphatic carbocycles. The molecule has 0 spiro atoms. The number of carbonyl (C=O) groups is 4. The van der Waals surface area contributed by atoms with Crippen LogP contribution in [0.5, 0.6) is 5.75 Å². The summed E-state index contributed by atoms with van der Waals surface area (Å²) in [6.07, 6.45) is 3.61. The smallest absolute Gasteiger partial charge is 0.307 e. The summed E-state index contributed by atoms with van der Waals surface area (Å²) in [4.78, 5) is 47.7. The number of carboxylic acid groups (broad SMARTS) is 1. The van der Waals surface area contributed by atoms with Gasteiger partial charge in [0.15, 0.2) is 5.76 Å². The molecule has 0 fully saturated rings. The van der Waals surface area contributed by atoms with Gasteiger partial charge in [-0.25, -0.2) is 5.06 Å². The van der Waals surface area contributed by atoms with Gasteiger partial charge in [0.25, 0.3) is 5.91 Å². The number of nitrogens with one attached hydrogen (secondary N) is 2. The number of rotatable bonds is 17. The number of furan rings is 1. The Morgan fingerprint density at radius 1 is 1.11 bits per heavy atom. The predicted molar refractivity (Wildman–Crippen MR) is 139 cm³/mol. The fraction of sp³-hybridized carbons (Fsp3) is 0.481. The zero-order valence-electron chi connectivity index (χ0n) is 22.1. The fourth-order valence-corrected chi connectivity index (χ4v) is 4.22. The molecule has 2 rings (SSSR count). The van der Waals surface area contributed by atoms with Crippen LogP contribution in [0.25, 0.3) is 11.3 Å². The standard InChI is InChI=1S/C27H37N3O8/c1-4-7-8-9-21(22(5-2)30(36)17-31)26(34)28-16-29-27(35)24-11-10-23(38-24)19-12-18(14-25(32)33)13-20(15-19)37-6-3/h10-13,15,17,21-22,36H,4-9,14,16H2,1-3H3,(H,28,34)(H,29,35)(H,32,33)/t21?,22-/m1/s1. The second-order valence-electron chi connectivity index (χ2n) is 8.82. The Bertz CT molecular complexity index is 1080. The molecule has 0 saturated heterocycles. The highest BCUT2D eigenvalue weighted by Gasteiger charge is 2.30. The molecule has 1 aromatic heterocycles. The van der Waals surface area contributed by atoms with E-state index in [1.807, 2.05) is 13.8 Å². The molecule has 4 N–H and O–H groups in total. The minimum atomic E-state index is -0.984. The second-order valence-corrected chi connectivity index (χ2v) is 8.82. The van der Waals surface area contributed by atoms with E-state index >= 15 is 0 Å². The van der Waals surface area contributed by atoms with Gasteiger partial charge < -0.3 is 24.9 Å². The zero-order chi connectivity index (χ0) is 28.1. The van der Waals surface area contributed by atoms with Crippen LogP contribution in [0.2, 0.25) is 0 Å². The zero-order valence-corrected chi connectivity index (χ0v) is 22.1. The molecule has 11 heteroatoms. The molecule has 3 amide bonds. The van der Waals surface area contributed by atoms with Crippen molar-refractivity contribution in [3.05, 3.63) is 41.7 Å². The van der Waals surface area contributed by atoms with Crippen LogP contribution in [0.15, 0.2) is 34.7 Å². The third-order valence-electron chi connectivity index (χ3n) is 6.04. The number of nitrogens with zero attached hydrogens (tertiary/aromatic N) is 1. The van der Waals surface area contributed by atoms with Crippen molar-refractivity contribution in [2.45, 2.75) is 65.3 Å². The van der Waals surface area contributed by atoms with Gasteiger partial charge in [0, 0.05) is 5.56 Å². The number of aliphatic carboxylic acids is 1. The van der Waals surface area contributed by atoms with E-state index in [0.717, 1.165) is 19.3 Å². The van der Waals surface area contributed by atoms with Crippen molar-refractivity contribution in [2.24, 2.45) is 5.92 Å². The van der Waals surface area contributed by atoms with E-state index in [9.17, 15) is 24.4 Å². The molecule has 0 radical (unpaired) electrons. The highest BCUT2D eigenvalue weighted by atomic mass is 16.5. The Labute approximate surface area is 222 Å². The van der Waals surface area contributed by atoms with Gasteiger partial charge in [-0.1, -0.05) is 33.1 Å². The first kappa shape index (κ1) is 30.4. The van der Waals surface area contributed by atoms with Gasteiger partial charge in [-0.05, 0) is 55.7 Å². The molecular formula is C27H37N3O8. The molecule has 2 aromatic rings. The third kappa shape index (κ3) is 8.91. The molecule has 1 unspecified atom stereocenters. The van der Waals surface area contributed by atoms with Gasteiger partial charge in [-0.2, -0.15) is 0 Å². The average molecular weight is 532 g/mol. The van der Waals surface area contributed by atoms with Crippen molar-refractivity contribution in [3.8, 4) is 17.1 Å². The van der Waals surface area contributed by atoms with Crippen molar-refractivity contribution in [1.29, 1.82) is 0 Å². The first-order valence-corrected chi connectivity index (χ1v) is 12.8. The van der Waals surface area contributed by atoms with Crippen molar-refractivity contribution in [3.63, 3.8) is 0 Å². The summed E-state index contributed by atoms with van der Waals surface area (Å²) in [5.74, 6) is -1.72. The van der Waals surface area contributed by atoms with E-state index in [2.05, 4.69) is 10.6 Å². The third-order valence-corrected chi connectivity index (χ3v) is 6.04. The average Bonchev–Trinajstić information content (AvgIpc) is 3.38. The lowest BCUT2D eigenvalue weighted by Crippen LogP contribution is -2.47. The number of unbranched alkanes of at least 4 members (excludes halogenated alkanes) is 2. The Kier molecular flexibility index (Phi) is 12.3. The highest BCUT2D eigenvalue weighted by molar-refractivity contribution is 5.92. The van der Waals surface area contributed by atoms with Crippen LogP contribution < -0.4 is 15.4 Å². The first-order valence-electron chi connectivity index (χ1n) is 12.8. The summed E-state index contributed by atoms with van der Waals surface area (Å²) in [5.41, 5.74) is 1.09. The van der Waals surface area contributed by atoms with Crippen LogP contribution >= 0.6 is 0 Å². The van der Waals surface area contributed by atoms with Crippen LogP contribution in [-0.4, -0.2) is 58.9 Å². The maximum Gasteiger partial charge on any atom is 0.307 e. The second kappa shape index (κ2) is 15.4. The Morgan fingerprint density at radius 2 is 1.87 bits per heavy atom.